The number of anilines is 1. The summed E-state index contributed by atoms with van der Waals surface area (Å²) in [5.74, 6) is 1.02. The van der Waals surface area contributed by atoms with Gasteiger partial charge >= 0.3 is 5.97 Å². The van der Waals surface area contributed by atoms with Gasteiger partial charge in [0.15, 0.2) is 0 Å². The molecule has 0 aliphatic rings. The lowest BCUT2D eigenvalue weighted by atomic mass is 9.85. The third kappa shape index (κ3) is 4.49. The number of carboxylic acid groups (broad SMARTS) is 1. The molecule has 2 N–H and O–H groups in total. The van der Waals surface area contributed by atoms with E-state index < -0.39 is 5.97 Å². The molecule has 5 heteroatoms. The van der Waals surface area contributed by atoms with Gasteiger partial charge in [-0.15, -0.1) is 0 Å². The first kappa shape index (κ1) is 16.0. The summed E-state index contributed by atoms with van der Waals surface area (Å²) in [7, 11) is 0. The molecule has 0 aliphatic heterocycles. The van der Waals surface area contributed by atoms with E-state index in [0.717, 1.165) is 6.54 Å². The SMILES string of the molecule is CC(C)C(CNc1ncc(Br)cc1C(=O)O)C(C)C. The molecule has 0 saturated heterocycles. The van der Waals surface area contributed by atoms with Crippen LogP contribution in [-0.4, -0.2) is 22.6 Å². The van der Waals surface area contributed by atoms with Crippen LogP contribution in [0.4, 0.5) is 5.82 Å². The minimum Gasteiger partial charge on any atom is -0.478 e. The van der Waals surface area contributed by atoms with Crippen LogP contribution in [0.25, 0.3) is 0 Å². The third-order valence-electron chi connectivity index (χ3n) is 3.30. The Hall–Kier alpha value is -1.10. The molecule has 0 spiro atoms. The van der Waals surface area contributed by atoms with Gasteiger partial charge in [-0.25, -0.2) is 9.78 Å². The Labute approximate surface area is 122 Å². The van der Waals surface area contributed by atoms with E-state index in [2.05, 4.69) is 53.9 Å². The molecule has 1 heterocycles. The summed E-state index contributed by atoms with van der Waals surface area (Å²) in [6.45, 7) is 9.45. The minimum absolute atomic E-state index is 0.195. The van der Waals surface area contributed by atoms with E-state index >= 15 is 0 Å². The maximum atomic E-state index is 11.2. The van der Waals surface area contributed by atoms with E-state index in [9.17, 15) is 9.90 Å². The fourth-order valence-corrected chi connectivity index (χ4v) is 2.53. The molecule has 0 amide bonds. The average Bonchev–Trinajstić information content (AvgIpc) is 2.29. The molecule has 0 saturated carbocycles. The number of carboxylic acids is 1. The summed E-state index contributed by atoms with van der Waals surface area (Å²) in [5.41, 5.74) is 0.195. The number of rotatable bonds is 6. The predicted molar refractivity (Wildman–Crippen MR) is 80.6 cm³/mol. The second kappa shape index (κ2) is 6.89. The van der Waals surface area contributed by atoms with Crippen LogP contribution >= 0.6 is 15.9 Å². The van der Waals surface area contributed by atoms with Crippen LogP contribution in [0.3, 0.4) is 0 Å². The van der Waals surface area contributed by atoms with Crippen molar-refractivity contribution in [3.63, 3.8) is 0 Å². The van der Waals surface area contributed by atoms with Crippen LogP contribution < -0.4 is 5.32 Å². The smallest absolute Gasteiger partial charge is 0.339 e. The molecule has 0 aliphatic carbocycles. The van der Waals surface area contributed by atoms with Gasteiger partial charge < -0.3 is 10.4 Å². The first-order chi connectivity index (χ1) is 8.82. The highest BCUT2D eigenvalue weighted by Crippen LogP contribution is 2.23. The van der Waals surface area contributed by atoms with Crippen molar-refractivity contribution in [3.05, 3.63) is 22.3 Å². The van der Waals surface area contributed by atoms with Crippen LogP contribution in [0.15, 0.2) is 16.7 Å². The molecule has 4 nitrogen and oxygen atoms in total. The van der Waals surface area contributed by atoms with Crippen molar-refractivity contribution in [1.29, 1.82) is 0 Å². The Bertz CT molecular complexity index is 439. The molecule has 0 atom stereocenters. The highest BCUT2D eigenvalue weighted by atomic mass is 79.9. The fourth-order valence-electron chi connectivity index (χ4n) is 2.20. The van der Waals surface area contributed by atoms with Gasteiger partial charge in [-0.2, -0.15) is 0 Å². The summed E-state index contributed by atoms with van der Waals surface area (Å²) < 4.78 is 0.666. The van der Waals surface area contributed by atoms with Gasteiger partial charge in [0, 0.05) is 17.2 Å². The predicted octanol–water partition coefficient (Wildman–Crippen LogP) is 3.88. The van der Waals surface area contributed by atoms with Crippen molar-refractivity contribution in [3.8, 4) is 0 Å². The van der Waals surface area contributed by atoms with E-state index in [1.54, 1.807) is 12.3 Å². The number of nitrogens with zero attached hydrogens (tertiary/aromatic N) is 1. The summed E-state index contributed by atoms with van der Waals surface area (Å²) >= 11 is 3.24. The standard InChI is InChI=1S/C14H21BrN2O2/c1-8(2)12(9(3)4)7-17-13-11(14(18)19)5-10(15)6-16-13/h5-6,8-9,12H,7H2,1-4H3,(H,16,17)(H,18,19). The molecule has 19 heavy (non-hydrogen) atoms. The van der Waals surface area contributed by atoms with E-state index in [1.807, 2.05) is 0 Å². The van der Waals surface area contributed by atoms with E-state index in [0.29, 0.717) is 28.0 Å². The molecule has 1 aromatic rings. The second-order valence-electron chi connectivity index (χ2n) is 5.39. The van der Waals surface area contributed by atoms with Gasteiger partial charge in [-0.05, 0) is 39.8 Å². The maximum absolute atomic E-state index is 11.2. The number of nitrogens with one attached hydrogen (secondary N) is 1. The van der Waals surface area contributed by atoms with Crippen LogP contribution in [0.1, 0.15) is 38.1 Å². The number of hydrogen-bond donors (Lipinski definition) is 2. The molecular weight excluding hydrogens is 308 g/mol. The number of hydrogen-bond acceptors (Lipinski definition) is 3. The van der Waals surface area contributed by atoms with Gasteiger partial charge in [0.1, 0.15) is 11.4 Å². The van der Waals surface area contributed by atoms with Crippen molar-refractivity contribution in [2.75, 3.05) is 11.9 Å². The van der Waals surface area contributed by atoms with E-state index in [-0.39, 0.29) is 5.56 Å². The molecule has 1 rings (SSSR count). The molecule has 1 aromatic heterocycles. The second-order valence-corrected chi connectivity index (χ2v) is 6.30. The minimum atomic E-state index is -0.970. The average molecular weight is 329 g/mol. The zero-order valence-corrected chi connectivity index (χ0v) is 13.4. The van der Waals surface area contributed by atoms with Crippen molar-refractivity contribution in [2.24, 2.45) is 17.8 Å². The van der Waals surface area contributed by atoms with Gasteiger partial charge in [0.2, 0.25) is 0 Å². The zero-order chi connectivity index (χ0) is 14.6. The molecule has 0 fully saturated rings. The molecule has 0 bridgehead atoms. The summed E-state index contributed by atoms with van der Waals surface area (Å²) in [6.07, 6.45) is 1.61. The number of carbonyl (C=O) groups is 1. The molecular formula is C14H21BrN2O2. The lowest BCUT2D eigenvalue weighted by Crippen LogP contribution is -2.25. The monoisotopic (exact) mass is 328 g/mol. The zero-order valence-electron chi connectivity index (χ0n) is 11.8. The summed E-state index contributed by atoms with van der Waals surface area (Å²) in [4.78, 5) is 15.3. The van der Waals surface area contributed by atoms with Crippen LogP contribution in [0.5, 0.6) is 0 Å². The summed E-state index contributed by atoms with van der Waals surface area (Å²) in [5, 5.41) is 12.3. The molecule has 0 unspecified atom stereocenters. The quantitative estimate of drug-likeness (QED) is 0.831. The first-order valence-electron chi connectivity index (χ1n) is 6.45. The lowest BCUT2D eigenvalue weighted by Gasteiger charge is -2.25. The van der Waals surface area contributed by atoms with Crippen molar-refractivity contribution >= 4 is 27.7 Å². The van der Waals surface area contributed by atoms with Gasteiger partial charge in [0.25, 0.3) is 0 Å². The van der Waals surface area contributed by atoms with Crippen molar-refractivity contribution in [2.45, 2.75) is 27.7 Å². The Morgan fingerprint density at radius 3 is 2.42 bits per heavy atom. The highest BCUT2D eigenvalue weighted by Gasteiger charge is 2.19. The largest absolute Gasteiger partial charge is 0.478 e. The normalized spacial score (nSPS) is 11.4. The van der Waals surface area contributed by atoms with Crippen LogP contribution in [0, 0.1) is 17.8 Å². The molecule has 0 aromatic carbocycles. The number of aromatic carboxylic acids is 1. The van der Waals surface area contributed by atoms with E-state index in [4.69, 9.17) is 0 Å². The lowest BCUT2D eigenvalue weighted by molar-refractivity contribution is 0.0697. The number of halogens is 1. The first-order valence-corrected chi connectivity index (χ1v) is 7.25. The van der Waals surface area contributed by atoms with Crippen LogP contribution in [-0.2, 0) is 0 Å². The Balaban J connectivity index is 2.85. The Kier molecular flexibility index (Phi) is 5.79. The Morgan fingerprint density at radius 1 is 1.37 bits per heavy atom. The molecule has 106 valence electrons. The van der Waals surface area contributed by atoms with Crippen molar-refractivity contribution in [1.82, 2.24) is 4.98 Å². The fraction of sp³-hybridized carbons (Fsp3) is 0.571. The van der Waals surface area contributed by atoms with Gasteiger partial charge in [0.05, 0.1) is 0 Å². The maximum Gasteiger partial charge on any atom is 0.339 e. The highest BCUT2D eigenvalue weighted by molar-refractivity contribution is 9.10. The number of pyridine rings is 1. The van der Waals surface area contributed by atoms with Crippen molar-refractivity contribution < 1.29 is 9.90 Å². The van der Waals surface area contributed by atoms with Gasteiger partial charge in [-0.1, -0.05) is 27.7 Å². The summed E-state index contributed by atoms with van der Waals surface area (Å²) in [6, 6.07) is 1.57. The molecule has 0 radical (unpaired) electrons. The number of aromatic nitrogens is 1. The van der Waals surface area contributed by atoms with Crippen LogP contribution in [0.2, 0.25) is 0 Å². The van der Waals surface area contributed by atoms with E-state index in [1.165, 1.54) is 0 Å². The third-order valence-corrected chi connectivity index (χ3v) is 3.74. The Morgan fingerprint density at radius 2 is 1.95 bits per heavy atom. The topological polar surface area (TPSA) is 62.2 Å². The van der Waals surface area contributed by atoms with Gasteiger partial charge in [-0.3, -0.25) is 0 Å².